The number of nitrogens with zero attached hydrogens (tertiary/aromatic N) is 2. The van der Waals surface area contributed by atoms with E-state index in [0.717, 1.165) is 5.82 Å². The average molecular weight is 270 g/mol. The minimum atomic E-state index is -1.11. The molecule has 1 unspecified atom stereocenters. The van der Waals surface area contributed by atoms with E-state index in [0.29, 0.717) is 13.0 Å². The molecule has 1 heterocycles. The van der Waals surface area contributed by atoms with Crippen molar-refractivity contribution in [3.63, 3.8) is 0 Å². The van der Waals surface area contributed by atoms with Gasteiger partial charge >= 0.3 is 12.0 Å². The highest BCUT2D eigenvalue weighted by molar-refractivity contribution is 5.76. The highest BCUT2D eigenvalue weighted by Crippen LogP contribution is 1.94. The van der Waals surface area contributed by atoms with Gasteiger partial charge in [-0.1, -0.05) is 0 Å². The molecule has 0 aliphatic rings. The van der Waals surface area contributed by atoms with Crippen molar-refractivity contribution >= 4 is 12.0 Å². The molecule has 19 heavy (non-hydrogen) atoms. The molecule has 1 rings (SSSR count). The van der Waals surface area contributed by atoms with Crippen LogP contribution in [0.2, 0.25) is 0 Å². The van der Waals surface area contributed by atoms with E-state index in [2.05, 4.69) is 20.4 Å². The maximum absolute atomic E-state index is 11.4. The van der Waals surface area contributed by atoms with Gasteiger partial charge in [-0.3, -0.25) is 0 Å². The fraction of sp³-hybridized carbons (Fsp3) is 0.545. The van der Waals surface area contributed by atoms with E-state index in [4.69, 9.17) is 5.11 Å². The number of carbonyl (C=O) groups is 2. The van der Waals surface area contributed by atoms with Crippen LogP contribution in [-0.2, 0) is 23.0 Å². The Morgan fingerprint density at radius 3 is 2.79 bits per heavy atom. The molecule has 3 N–H and O–H groups in total. The molecule has 8 heteroatoms. The van der Waals surface area contributed by atoms with Crippen LogP contribution < -0.4 is 10.6 Å². The third kappa shape index (κ3) is 4.96. The number of nitrogens with one attached hydrogen (secondary N) is 2. The van der Waals surface area contributed by atoms with E-state index in [-0.39, 0.29) is 6.54 Å². The Balaban J connectivity index is 2.21. The van der Waals surface area contributed by atoms with Gasteiger partial charge in [0.1, 0.15) is 5.82 Å². The van der Waals surface area contributed by atoms with Gasteiger partial charge in [0.25, 0.3) is 0 Å². The summed E-state index contributed by atoms with van der Waals surface area (Å²) in [6, 6.07) is -0.433. The van der Waals surface area contributed by atoms with Gasteiger partial charge in [-0.2, -0.15) is 0 Å². The molecular weight excluding hydrogens is 252 g/mol. The zero-order valence-electron chi connectivity index (χ0n) is 10.9. The number of amides is 2. The van der Waals surface area contributed by atoms with E-state index in [1.807, 2.05) is 17.8 Å². The molecule has 0 bridgehead atoms. The number of hydrogen-bond donors (Lipinski definition) is 3. The molecule has 0 radical (unpaired) electrons. The van der Waals surface area contributed by atoms with Crippen LogP contribution in [0.25, 0.3) is 0 Å². The molecule has 0 aliphatic carbocycles. The molecule has 1 atom stereocenters. The van der Waals surface area contributed by atoms with Crippen LogP contribution in [0, 0.1) is 0 Å². The molecule has 0 aromatic carbocycles. The first-order valence-corrected chi connectivity index (χ1v) is 5.78. The first-order valence-electron chi connectivity index (χ1n) is 5.78. The van der Waals surface area contributed by atoms with E-state index < -0.39 is 18.1 Å². The minimum Gasteiger partial charge on any atom is -0.479 e. The van der Waals surface area contributed by atoms with Crippen LogP contribution in [0.15, 0.2) is 12.4 Å². The number of aryl methyl sites for hydroxylation is 1. The molecule has 0 saturated heterocycles. The van der Waals surface area contributed by atoms with Crippen molar-refractivity contribution in [2.24, 2.45) is 7.05 Å². The summed E-state index contributed by atoms with van der Waals surface area (Å²) in [5, 5.41) is 13.8. The Morgan fingerprint density at radius 2 is 2.26 bits per heavy atom. The molecule has 8 nitrogen and oxygen atoms in total. The van der Waals surface area contributed by atoms with E-state index >= 15 is 0 Å². The van der Waals surface area contributed by atoms with Gasteiger partial charge in [0.05, 0.1) is 6.54 Å². The van der Waals surface area contributed by atoms with Gasteiger partial charge in [-0.05, 0) is 0 Å². The lowest BCUT2D eigenvalue weighted by molar-refractivity contribution is -0.147. The molecule has 1 aromatic rings. The van der Waals surface area contributed by atoms with Gasteiger partial charge < -0.3 is 25.0 Å². The molecule has 106 valence electrons. The summed E-state index contributed by atoms with van der Waals surface area (Å²) in [5.74, 6) is -0.253. The van der Waals surface area contributed by atoms with Crippen molar-refractivity contribution in [3.8, 4) is 0 Å². The number of rotatable bonds is 7. The molecule has 0 saturated carbocycles. The quantitative estimate of drug-likeness (QED) is 0.611. The van der Waals surface area contributed by atoms with Crippen molar-refractivity contribution in [3.05, 3.63) is 18.2 Å². The lowest BCUT2D eigenvalue weighted by Gasteiger charge is -2.12. The Bertz CT molecular complexity index is 432. The van der Waals surface area contributed by atoms with Crippen LogP contribution in [-0.4, -0.2) is 53.0 Å². The van der Waals surface area contributed by atoms with Gasteiger partial charge in [0.15, 0.2) is 6.10 Å². The normalized spacial score (nSPS) is 11.9. The number of carboxylic acid groups (broad SMARTS) is 1. The largest absolute Gasteiger partial charge is 0.479 e. The highest BCUT2D eigenvalue weighted by atomic mass is 16.5. The lowest BCUT2D eigenvalue weighted by atomic mass is 10.3. The number of carbonyl (C=O) groups excluding carboxylic acids is 1. The van der Waals surface area contributed by atoms with Gasteiger partial charge in [0, 0.05) is 39.5 Å². The zero-order chi connectivity index (χ0) is 14.3. The molecule has 0 fully saturated rings. The Morgan fingerprint density at radius 1 is 1.53 bits per heavy atom. The van der Waals surface area contributed by atoms with Crippen molar-refractivity contribution in [1.29, 1.82) is 0 Å². The van der Waals surface area contributed by atoms with Gasteiger partial charge in [-0.15, -0.1) is 0 Å². The average Bonchev–Trinajstić information content (AvgIpc) is 2.75. The topological polar surface area (TPSA) is 105 Å². The molecule has 2 amide bonds. The first kappa shape index (κ1) is 15.0. The smallest absolute Gasteiger partial charge is 0.334 e. The summed E-state index contributed by atoms with van der Waals surface area (Å²) in [6.45, 7) is 0.335. The van der Waals surface area contributed by atoms with E-state index in [9.17, 15) is 9.59 Å². The van der Waals surface area contributed by atoms with E-state index in [1.165, 1.54) is 7.11 Å². The van der Waals surface area contributed by atoms with Crippen LogP contribution in [0.3, 0.4) is 0 Å². The summed E-state index contributed by atoms with van der Waals surface area (Å²) >= 11 is 0. The predicted molar refractivity (Wildman–Crippen MR) is 66.7 cm³/mol. The van der Waals surface area contributed by atoms with Crippen molar-refractivity contribution in [2.75, 3.05) is 20.2 Å². The summed E-state index contributed by atoms with van der Waals surface area (Å²) < 4.78 is 6.55. The molecule has 0 aliphatic heterocycles. The van der Waals surface area contributed by atoms with Crippen LogP contribution in [0.5, 0.6) is 0 Å². The third-order valence-corrected chi connectivity index (χ3v) is 2.56. The number of carboxylic acids is 1. The Kier molecular flexibility index (Phi) is 5.80. The van der Waals surface area contributed by atoms with Crippen LogP contribution in [0.1, 0.15) is 5.82 Å². The third-order valence-electron chi connectivity index (χ3n) is 2.56. The Labute approximate surface area is 110 Å². The fourth-order valence-corrected chi connectivity index (χ4v) is 1.44. The summed E-state index contributed by atoms with van der Waals surface area (Å²) in [5.41, 5.74) is 0. The number of aliphatic carboxylic acids is 1. The predicted octanol–water partition coefficient (Wildman–Crippen LogP) is -0.639. The van der Waals surface area contributed by atoms with Gasteiger partial charge in [-0.25, -0.2) is 14.6 Å². The summed E-state index contributed by atoms with van der Waals surface area (Å²) in [6.07, 6.45) is 3.07. The number of methoxy groups -OCH3 is 1. The number of urea groups is 1. The minimum absolute atomic E-state index is 0.0833. The fourth-order valence-electron chi connectivity index (χ4n) is 1.44. The highest BCUT2D eigenvalue weighted by Gasteiger charge is 2.16. The van der Waals surface area contributed by atoms with Crippen molar-refractivity contribution < 1.29 is 19.4 Å². The maximum Gasteiger partial charge on any atom is 0.334 e. The number of ether oxygens (including phenoxy) is 1. The van der Waals surface area contributed by atoms with Crippen LogP contribution >= 0.6 is 0 Å². The number of aromatic nitrogens is 2. The number of hydrogen-bond acceptors (Lipinski definition) is 4. The van der Waals surface area contributed by atoms with Crippen molar-refractivity contribution in [2.45, 2.75) is 12.5 Å². The SMILES string of the molecule is COC(CNC(=O)NCCc1nccn1C)C(=O)O. The maximum atomic E-state index is 11.4. The zero-order valence-corrected chi connectivity index (χ0v) is 10.9. The molecule has 1 aromatic heterocycles. The first-order chi connectivity index (χ1) is 9.04. The second kappa shape index (κ2) is 7.37. The molecular formula is C11H18N4O4. The monoisotopic (exact) mass is 270 g/mol. The van der Waals surface area contributed by atoms with Crippen LogP contribution in [0.4, 0.5) is 4.79 Å². The molecule has 0 spiro atoms. The van der Waals surface area contributed by atoms with Gasteiger partial charge in [0.2, 0.25) is 0 Å². The summed E-state index contributed by atoms with van der Waals surface area (Å²) in [7, 11) is 3.15. The van der Waals surface area contributed by atoms with E-state index in [1.54, 1.807) is 6.20 Å². The number of imidazole rings is 1. The Hall–Kier alpha value is -2.09. The second-order valence-corrected chi connectivity index (χ2v) is 3.90. The summed E-state index contributed by atoms with van der Waals surface area (Å²) in [4.78, 5) is 26.2. The second-order valence-electron chi connectivity index (χ2n) is 3.90. The lowest BCUT2D eigenvalue weighted by Crippen LogP contribution is -2.43. The standard InChI is InChI=1S/C11H18N4O4/c1-15-6-5-12-9(15)3-4-13-11(18)14-7-8(19-2)10(16)17/h5-6,8H,3-4,7H2,1-2H3,(H,16,17)(H2,13,14,18). The van der Waals surface area contributed by atoms with Crippen molar-refractivity contribution in [1.82, 2.24) is 20.2 Å².